The SMILES string of the molecule is CCC#CCC#CCC#CCC#CCBr. The van der Waals surface area contributed by atoms with Gasteiger partial charge in [0.15, 0.2) is 0 Å². The first-order valence-electron chi connectivity index (χ1n) is 4.80. The zero-order valence-corrected chi connectivity index (χ0v) is 10.5. The fraction of sp³-hybridized carbons (Fsp3) is 0.429. The Morgan fingerprint density at radius 1 is 0.667 bits per heavy atom. The van der Waals surface area contributed by atoms with E-state index in [-0.39, 0.29) is 0 Å². The summed E-state index contributed by atoms with van der Waals surface area (Å²) in [5, 5.41) is 0.713. The van der Waals surface area contributed by atoms with E-state index in [1.807, 2.05) is 6.92 Å². The highest BCUT2D eigenvalue weighted by Gasteiger charge is 1.69. The minimum Gasteiger partial charge on any atom is -0.103 e. The van der Waals surface area contributed by atoms with Gasteiger partial charge in [0.05, 0.1) is 24.6 Å². The van der Waals surface area contributed by atoms with Crippen LogP contribution in [0.2, 0.25) is 0 Å². The van der Waals surface area contributed by atoms with Gasteiger partial charge in [0.1, 0.15) is 0 Å². The van der Waals surface area contributed by atoms with E-state index in [9.17, 15) is 0 Å². The largest absolute Gasteiger partial charge is 0.103 e. The summed E-state index contributed by atoms with van der Waals surface area (Å²) in [4.78, 5) is 0. The molecule has 0 unspecified atom stereocenters. The van der Waals surface area contributed by atoms with E-state index in [0.717, 1.165) is 6.42 Å². The van der Waals surface area contributed by atoms with E-state index in [0.29, 0.717) is 24.6 Å². The van der Waals surface area contributed by atoms with Crippen molar-refractivity contribution in [3.63, 3.8) is 0 Å². The van der Waals surface area contributed by atoms with Crippen molar-refractivity contribution >= 4 is 15.9 Å². The zero-order chi connectivity index (χ0) is 11.2. The second-order valence-corrected chi connectivity index (χ2v) is 2.99. The second kappa shape index (κ2) is 12.7. The number of halogens is 1. The lowest BCUT2D eigenvalue weighted by Gasteiger charge is -1.73. The van der Waals surface area contributed by atoms with Gasteiger partial charge in [0.2, 0.25) is 0 Å². The molecule has 0 aliphatic rings. The van der Waals surface area contributed by atoms with Gasteiger partial charge in [-0.2, -0.15) is 0 Å². The van der Waals surface area contributed by atoms with Crippen molar-refractivity contribution in [3.05, 3.63) is 0 Å². The molecule has 0 fully saturated rings. The molecule has 0 saturated carbocycles. The molecule has 0 aliphatic heterocycles. The maximum atomic E-state index is 3.22. The summed E-state index contributed by atoms with van der Waals surface area (Å²) in [6.45, 7) is 2.03. The van der Waals surface area contributed by atoms with Crippen LogP contribution in [0.15, 0.2) is 0 Å². The minimum atomic E-state index is 0.615. The summed E-state index contributed by atoms with van der Waals surface area (Å²) in [7, 11) is 0. The van der Waals surface area contributed by atoms with Crippen molar-refractivity contribution in [2.24, 2.45) is 0 Å². The predicted octanol–water partition coefficient (Wildman–Crippen LogP) is 2.98. The van der Waals surface area contributed by atoms with Crippen molar-refractivity contribution in [2.45, 2.75) is 32.6 Å². The molecule has 0 aromatic heterocycles. The van der Waals surface area contributed by atoms with Crippen molar-refractivity contribution in [2.75, 3.05) is 5.33 Å². The summed E-state index contributed by atoms with van der Waals surface area (Å²) in [6.07, 6.45) is 2.79. The predicted molar refractivity (Wildman–Crippen MR) is 69.0 cm³/mol. The van der Waals surface area contributed by atoms with E-state index < -0.39 is 0 Å². The molecule has 0 atom stereocenters. The number of hydrogen-bond acceptors (Lipinski definition) is 0. The summed E-state index contributed by atoms with van der Waals surface area (Å²) in [5.41, 5.74) is 0. The molecule has 0 amide bonds. The van der Waals surface area contributed by atoms with Gasteiger partial charge in [0.25, 0.3) is 0 Å². The summed E-state index contributed by atoms with van der Waals surface area (Å²) >= 11 is 3.22. The van der Waals surface area contributed by atoms with Gasteiger partial charge in [-0.1, -0.05) is 64.3 Å². The highest BCUT2D eigenvalue weighted by molar-refractivity contribution is 9.09. The zero-order valence-electron chi connectivity index (χ0n) is 8.91. The molecule has 0 aromatic rings. The van der Waals surface area contributed by atoms with E-state index in [1.165, 1.54) is 0 Å². The maximum Gasteiger partial charge on any atom is 0.0703 e. The summed E-state index contributed by atoms with van der Waals surface area (Å²) in [5.74, 6) is 23.5. The third kappa shape index (κ3) is 12.7. The molecular formula is C14H13Br. The first kappa shape index (κ1) is 13.7. The summed E-state index contributed by atoms with van der Waals surface area (Å²) in [6, 6.07) is 0. The monoisotopic (exact) mass is 260 g/mol. The molecule has 1 heteroatoms. The molecule has 0 saturated heterocycles. The van der Waals surface area contributed by atoms with Gasteiger partial charge < -0.3 is 0 Å². The third-order valence-electron chi connectivity index (χ3n) is 1.27. The lowest BCUT2D eigenvalue weighted by atomic mass is 10.3. The van der Waals surface area contributed by atoms with Crippen LogP contribution in [0.25, 0.3) is 0 Å². The molecule has 0 rings (SSSR count). The average Bonchev–Trinajstić information content (AvgIpc) is 2.26. The van der Waals surface area contributed by atoms with Gasteiger partial charge in [0, 0.05) is 6.42 Å². The van der Waals surface area contributed by atoms with E-state index >= 15 is 0 Å². The van der Waals surface area contributed by atoms with Gasteiger partial charge in [-0.05, 0) is 0 Å². The van der Waals surface area contributed by atoms with Crippen LogP contribution >= 0.6 is 15.9 Å². The van der Waals surface area contributed by atoms with E-state index in [1.54, 1.807) is 0 Å². The Balaban J connectivity index is 3.59. The Labute approximate surface area is 101 Å². The van der Waals surface area contributed by atoms with Crippen molar-refractivity contribution in [1.29, 1.82) is 0 Å². The van der Waals surface area contributed by atoms with Crippen LogP contribution in [0.5, 0.6) is 0 Å². The standard InChI is InChI=1S/C14H13Br/c1-2-3-4-5-6-7-8-9-10-11-12-13-14-15/h2,5,8,11,14H2,1H3. The Kier molecular flexibility index (Phi) is 11.6. The van der Waals surface area contributed by atoms with Gasteiger partial charge in [-0.15, -0.1) is 5.92 Å². The molecule has 0 aromatic carbocycles. The van der Waals surface area contributed by atoms with Crippen LogP contribution in [0.4, 0.5) is 0 Å². The van der Waals surface area contributed by atoms with Crippen LogP contribution in [0.1, 0.15) is 32.6 Å². The Morgan fingerprint density at radius 3 is 1.47 bits per heavy atom. The molecule has 0 N–H and O–H groups in total. The van der Waals surface area contributed by atoms with Gasteiger partial charge >= 0.3 is 0 Å². The van der Waals surface area contributed by atoms with E-state index in [4.69, 9.17) is 0 Å². The van der Waals surface area contributed by atoms with Crippen LogP contribution in [-0.2, 0) is 0 Å². The molecular weight excluding hydrogens is 248 g/mol. The highest BCUT2D eigenvalue weighted by Crippen LogP contribution is 1.78. The molecule has 0 radical (unpaired) electrons. The molecule has 0 spiro atoms. The normalized spacial score (nSPS) is 6.53. The fourth-order valence-corrected chi connectivity index (χ4v) is 0.878. The lowest BCUT2D eigenvalue weighted by molar-refractivity contribution is 1.27. The van der Waals surface area contributed by atoms with Crippen molar-refractivity contribution in [1.82, 2.24) is 0 Å². The Hall–Kier alpha value is -1.28. The molecule has 0 aliphatic carbocycles. The van der Waals surface area contributed by atoms with Gasteiger partial charge in [-0.25, -0.2) is 0 Å². The lowest BCUT2D eigenvalue weighted by Crippen LogP contribution is -1.65. The van der Waals surface area contributed by atoms with Crippen LogP contribution < -0.4 is 0 Å². The number of alkyl halides is 1. The number of hydrogen-bond donors (Lipinski definition) is 0. The summed E-state index contributed by atoms with van der Waals surface area (Å²) < 4.78 is 0. The minimum absolute atomic E-state index is 0.615. The third-order valence-corrected chi connectivity index (χ3v) is 1.55. The number of rotatable bonds is 0. The quantitative estimate of drug-likeness (QED) is 0.464. The Morgan fingerprint density at radius 2 is 1.07 bits per heavy atom. The Bertz CT molecular complexity index is 348. The van der Waals surface area contributed by atoms with Crippen LogP contribution in [-0.4, -0.2) is 5.33 Å². The molecule has 0 heterocycles. The topological polar surface area (TPSA) is 0 Å². The van der Waals surface area contributed by atoms with Crippen LogP contribution in [0.3, 0.4) is 0 Å². The molecule has 0 bridgehead atoms. The van der Waals surface area contributed by atoms with Crippen molar-refractivity contribution < 1.29 is 0 Å². The highest BCUT2D eigenvalue weighted by atomic mass is 79.9. The van der Waals surface area contributed by atoms with Crippen LogP contribution in [0, 0.1) is 47.4 Å². The first-order chi connectivity index (χ1) is 7.41. The molecule has 15 heavy (non-hydrogen) atoms. The van der Waals surface area contributed by atoms with Gasteiger partial charge in [-0.3, -0.25) is 0 Å². The van der Waals surface area contributed by atoms with E-state index in [2.05, 4.69) is 63.3 Å². The first-order valence-corrected chi connectivity index (χ1v) is 5.92. The fourth-order valence-electron chi connectivity index (χ4n) is 0.680. The maximum absolute atomic E-state index is 3.22. The molecule has 0 nitrogen and oxygen atoms in total. The molecule has 76 valence electrons. The van der Waals surface area contributed by atoms with Crippen molar-refractivity contribution in [3.8, 4) is 47.4 Å². The second-order valence-electron chi connectivity index (χ2n) is 2.43. The average molecular weight is 261 g/mol. The smallest absolute Gasteiger partial charge is 0.0703 e.